The Balaban J connectivity index is 1.53. The van der Waals surface area contributed by atoms with Gasteiger partial charge < -0.3 is 9.47 Å². The summed E-state index contributed by atoms with van der Waals surface area (Å²) in [5.74, 6) is 1.66. The maximum absolute atomic E-state index is 12.9. The Hall–Kier alpha value is -2.30. The number of fused-ring (bicyclic) bond motifs is 2. The molecule has 3 aliphatic rings. The van der Waals surface area contributed by atoms with E-state index in [1.807, 2.05) is 31.2 Å². The van der Waals surface area contributed by atoms with Gasteiger partial charge in [-0.3, -0.25) is 9.69 Å². The van der Waals surface area contributed by atoms with Crippen LogP contribution in [0.5, 0.6) is 11.5 Å². The third-order valence-electron chi connectivity index (χ3n) is 5.22. The van der Waals surface area contributed by atoms with E-state index >= 15 is 0 Å². The van der Waals surface area contributed by atoms with E-state index in [0.717, 1.165) is 29.0 Å². The lowest BCUT2D eigenvalue weighted by Crippen LogP contribution is -2.34. The normalized spacial score (nSPS) is 20.5. The lowest BCUT2D eigenvalue weighted by molar-refractivity contribution is 0.0872. The van der Waals surface area contributed by atoms with E-state index in [9.17, 15) is 4.79 Å². The highest BCUT2D eigenvalue weighted by molar-refractivity contribution is 6.32. The van der Waals surface area contributed by atoms with Crippen LogP contribution in [0.3, 0.4) is 0 Å². The van der Waals surface area contributed by atoms with Crippen LogP contribution in [0.25, 0.3) is 6.08 Å². The smallest absolute Gasteiger partial charge is 0.231 e. The van der Waals surface area contributed by atoms with Crippen molar-refractivity contribution >= 4 is 23.5 Å². The molecule has 2 aromatic carbocycles. The number of carbonyl (C=O) groups is 1. The first-order chi connectivity index (χ1) is 12.6. The minimum atomic E-state index is -0.102. The Labute approximate surface area is 157 Å². The molecule has 0 aromatic heterocycles. The maximum Gasteiger partial charge on any atom is 0.231 e. The molecule has 0 atom stereocenters. The third-order valence-corrected chi connectivity index (χ3v) is 5.56. The van der Waals surface area contributed by atoms with Crippen LogP contribution in [-0.4, -0.2) is 23.5 Å². The summed E-state index contributed by atoms with van der Waals surface area (Å²) in [6.45, 7) is 3.38. The molecule has 1 saturated carbocycles. The first-order valence-electron chi connectivity index (χ1n) is 8.84. The molecule has 2 heterocycles. The molecule has 1 aliphatic carbocycles. The Bertz CT molecular complexity index is 962. The van der Waals surface area contributed by atoms with Crippen molar-refractivity contribution in [2.24, 2.45) is 0 Å². The van der Waals surface area contributed by atoms with Crippen molar-refractivity contribution in [1.82, 2.24) is 4.90 Å². The van der Waals surface area contributed by atoms with Crippen molar-refractivity contribution < 1.29 is 14.3 Å². The van der Waals surface area contributed by atoms with Gasteiger partial charge >= 0.3 is 0 Å². The van der Waals surface area contributed by atoms with Crippen molar-refractivity contribution in [3.8, 4) is 11.5 Å². The zero-order chi connectivity index (χ0) is 17.8. The average molecular weight is 368 g/mol. The number of rotatable bonds is 2. The Kier molecular flexibility index (Phi) is 3.59. The van der Waals surface area contributed by atoms with E-state index in [4.69, 9.17) is 21.1 Å². The highest BCUT2D eigenvalue weighted by atomic mass is 35.5. The van der Waals surface area contributed by atoms with Crippen molar-refractivity contribution in [3.05, 3.63) is 63.4 Å². The van der Waals surface area contributed by atoms with Crippen LogP contribution in [0.15, 0.2) is 36.1 Å². The van der Waals surface area contributed by atoms with E-state index in [0.29, 0.717) is 34.9 Å². The van der Waals surface area contributed by atoms with Gasteiger partial charge in [0.25, 0.3) is 0 Å². The topological polar surface area (TPSA) is 38.8 Å². The zero-order valence-electron chi connectivity index (χ0n) is 14.4. The van der Waals surface area contributed by atoms with E-state index in [-0.39, 0.29) is 5.78 Å². The van der Waals surface area contributed by atoms with Gasteiger partial charge in [-0.25, -0.2) is 0 Å². The minimum Gasteiger partial charge on any atom is -0.477 e. The Morgan fingerprint density at radius 2 is 2.04 bits per heavy atom. The molecule has 0 radical (unpaired) electrons. The van der Waals surface area contributed by atoms with Crippen molar-refractivity contribution in [1.29, 1.82) is 0 Å². The summed E-state index contributed by atoms with van der Waals surface area (Å²) in [5, 5.41) is 0.590. The summed E-state index contributed by atoms with van der Waals surface area (Å²) in [6.07, 6.45) is 4.17. The standard InChI is InChI=1S/C21H18ClNO3/c1-12-20-14(10-23(11-25-20)15-6-7-15)8-16-19(24)18(26-21(12)16)9-13-4-2-3-5-17(13)22/h2-5,8-9,15H,6-7,10-11H2,1H3/b18-9-. The fourth-order valence-corrected chi connectivity index (χ4v) is 3.86. The van der Waals surface area contributed by atoms with Crippen LogP contribution in [0.2, 0.25) is 5.02 Å². The maximum atomic E-state index is 12.9. The van der Waals surface area contributed by atoms with E-state index < -0.39 is 0 Å². The number of Topliss-reactive ketones (excluding diaryl/α,β-unsaturated/α-hetero) is 1. The average Bonchev–Trinajstić information content (AvgIpc) is 3.44. The molecular formula is C21H18ClNO3. The SMILES string of the molecule is Cc1c2c(cc3c1O/C(=C\c1ccccc1Cl)C3=O)CN(C1CC1)CO2. The van der Waals surface area contributed by atoms with Crippen LogP contribution < -0.4 is 9.47 Å². The lowest BCUT2D eigenvalue weighted by Gasteiger charge is -2.30. The fraction of sp³-hybridized carbons (Fsp3) is 0.286. The number of allylic oxidation sites excluding steroid dienone is 1. The summed E-state index contributed by atoms with van der Waals surface area (Å²) in [6, 6.07) is 9.96. The molecule has 0 bridgehead atoms. The number of ether oxygens (including phenoxy) is 2. The summed E-state index contributed by atoms with van der Waals surface area (Å²) < 4.78 is 11.9. The first-order valence-corrected chi connectivity index (χ1v) is 9.21. The van der Waals surface area contributed by atoms with Crippen molar-refractivity contribution in [2.75, 3.05) is 6.73 Å². The molecular weight excluding hydrogens is 350 g/mol. The first kappa shape index (κ1) is 15.9. The largest absolute Gasteiger partial charge is 0.477 e. The molecule has 0 N–H and O–H groups in total. The fourth-order valence-electron chi connectivity index (χ4n) is 3.67. The molecule has 0 amide bonds. The number of hydrogen-bond acceptors (Lipinski definition) is 4. The second kappa shape index (κ2) is 5.86. The van der Waals surface area contributed by atoms with E-state index in [1.54, 1.807) is 12.1 Å². The van der Waals surface area contributed by atoms with Crippen LogP contribution in [0.4, 0.5) is 0 Å². The Morgan fingerprint density at radius 1 is 1.23 bits per heavy atom. The van der Waals surface area contributed by atoms with Crippen molar-refractivity contribution in [3.63, 3.8) is 0 Å². The van der Waals surface area contributed by atoms with Crippen LogP contribution in [0.1, 0.15) is 39.9 Å². The highest BCUT2D eigenvalue weighted by Gasteiger charge is 2.36. The number of benzene rings is 2. The van der Waals surface area contributed by atoms with Gasteiger partial charge in [-0.1, -0.05) is 29.8 Å². The number of halogens is 1. The van der Waals surface area contributed by atoms with Crippen LogP contribution in [-0.2, 0) is 6.54 Å². The molecule has 0 unspecified atom stereocenters. The second-order valence-electron chi connectivity index (χ2n) is 7.08. The predicted molar refractivity (Wildman–Crippen MR) is 99.6 cm³/mol. The number of ketones is 1. The van der Waals surface area contributed by atoms with Gasteiger partial charge in [0, 0.05) is 28.7 Å². The molecule has 5 heteroatoms. The Morgan fingerprint density at radius 3 is 2.81 bits per heavy atom. The number of nitrogens with zero attached hydrogens (tertiary/aromatic N) is 1. The summed E-state index contributed by atoms with van der Waals surface area (Å²) >= 11 is 6.21. The molecule has 5 rings (SSSR count). The molecule has 2 aromatic rings. The highest BCUT2D eigenvalue weighted by Crippen LogP contribution is 2.44. The molecule has 2 aliphatic heterocycles. The van der Waals surface area contributed by atoms with Crippen LogP contribution >= 0.6 is 11.6 Å². The van der Waals surface area contributed by atoms with Gasteiger partial charge in [-0.15, -0.1) is 0 Å². The summed E-state index contributed by atoms with van der Waals surface area (Å²) in [7, 11) is 0. The van der Waals surface area contributed by atoms with Gasteiger partial charge in [0.15, 0.2) is 5.76 Å². The summed E-state index contributed by atoms with van der Waals surface area (Å²) in [4.78, 5) is 15.2. The third kappa shape index (κ3) is 2.52. The monoisotopic (exact) mass is 367 g/mol. The number of carbonyl (C=O) groups excluding carboxylic acids is 1. The quantitative estimate of drug-likeness (QED) is 0.728. The van der Waals surface area contributed by atoms with Crippen molar-refractivity contribution in [2.45, 2.75) is 32.4 Å². The van der Waals surface area contributed by atoms with Crippen LogP contribution in [0, 0.1) is 6.92 Å². The summed E-state index contributed by atoms with van der Waals surface area (Å²) in [5.41, 5.74) is 3.34. The van der Waals surface area contributed by atoms with Gasteiger partial charge in [-0.05, 0) is 43.5 Å². The molecule has 132 valence electrons. The van der Waals surface area contributed by atoms with Gasteiger partial charge in [-0.2, -0.15) is 0 Å². The molecule has 0 saturated heterocycles. The molecule has 26 heavy (non-hydrogen) atoms. The van der Waals surface area contributed by atoms with E-state index in [1.165, 1.54) is 12.8 Å². The van der Waals surface area contributed by atoms with Gasteiger partial charge in [0.2, 0.25) is 5.78 Å². The lowest BCUT2D eigenvalue weighted by atomic mass is 10.00. The minimum absolute atomic E-state index is 0.102. The molecule has 4 nitrogen and oxygen atoms in total. The predicted octanol–water partition coefficient (Wildman–Crippen LogP) is 4.58. The second-order valence-corrected chi connectivity index (χ2v) is 7.49. The van der Waals surface area contributed by atoms with Gasteiger partial charge in [0.1, 0.15) is 18.2 Å². The number of hydrogen-bond donors (Lipinski definition) is 0. The molecule has 1 fully saturated rings. The zero-order valence-corrected chi connectivity index (χ0v) is 15.2. The van der Waals surface area contributed by atoms with Gasteiger partial charge in [0.05, 0.1) is 5.56 Å². The van der Waals surface area contributed by atoms with E-state index in [2.05, 4.69) is 4.90 Å². The molecule has 0 spiro atoms.